The Bertz CT molecular complexity index is 404. The van der Waals surface area contributed by atoms with Crippen LogP contribution in [0.2, 0.25) is 0 Å². The normalized spacial score (nSPS) is 11.9. The van der Waals surface area contributed by atoms with Crippen molar-refractivity contribution in [3.63, 3.8) is 0 Å². The van der Waals surface area contributed by atoms with E-state index in [4.69, 9.17) is 5.11 Å². The zero-order valence-electron chi connectivity index (χ0n) is 9.23. The predicted octanol–water partition coefficient (Wildman–Crippen LogP) is 0.727. The highest BCUT2D eigenvalue weighted by atomic mass is 16.4. The van der Waals surface area contributed by atoms with Gasteiger partial charge in [0.1, 0.15) is 5.92 Å². The van der Waals surface area contributed by atoms with Crippen molar-refractivity contribution in [1.82, 2.24) is 10.3 Å². The van der Waals surface area contributed by atoms with Crippen LogP contribution in [0.3, 0.4) is 0 Å². The third-order valence-electron chi connectivity index (χ3n) is 2.15. The van der Waals surface area contributed by atoms with Crippen molar-refractivity contribution in [2.24, 2.45) is 5.92 Å². The number of aliphatic carboxylic acids is 1. The maximum Gasteiger partial charge on any atom is 0.315 e. The number of amides is 1. The highest BCUT2D eigenvalue weighted by Crippen LogP contribution is 1.99. The van der Waals surface area contributed by atoms with E-state index >= 15 is 0 Å². The second-order valence-corrected chi connectivity index (χ2v) is 3.55. The van der Waals surface area contributed by atoms with E-state index in [1.165, 1.54) is 6.92 Å². The summed E-state index contributed by atoms with van der Waals surface area (Å²) in [5.41, 5.74) is 1.57. The fourth-order valence-electron chi connectivity index (χ4n) is 1.14. The van der Waals surface area contributed by atoms with Crippen LogP contribution in [-0.2, 0) is 16.1 Å². The van der Waals surface area contributed by atoms with Gasteiger partial charge in [-0.1, -0.05) is 6.07 Å². The minimum absolute atomic E-state index is 0.248. The lowest BCUT2D eigenvalue weighted by atomic mass is 10.1. The van der Waals surface area contributed by atoms with Crippen LogP contribution in [0.5, 0.6) is 0 Å². The maximum absolute atomic E-state index is 11.3. The summed E-state index contributed by atoms with van der Waals surface area (Å²) in [5.74, 6) is -2.67. The molecule has 2 N–H and O–H groups in total. The quantitative estimate of drug-likeness (QED) is 0.736. The Labute approximate surface area is 93.5 Å². The Kier molecular flexibility index (Phi) is 3.99. The minimum Gasteiger partial charge on any atom is -0.481 e. The third kappa shape index (κ3) is 3.34. The van der Waals surface area contributed by atoms with Crippen molar-refractivity contribution in [3.8, 4) is 0 Å². The number of hydrogen-bond donors (Lipinski definition) is 2. The largest absolute Gasteiger partial charge is 0.481 e. The third-order valence-corrected chi connectivity index (χ3v) is 2.15. The molecule has 1 amide bonds. The average molecular weight is 222 g/mol. The summed E-state index contributed by atoms with van der Waals surface area (Å²) in [6.07, 6.45) is 0. The topological polar surface area (TPSA) is 79.3 Å². The van der Waals surface area contributed by atoms with Crippen molar-refractivity contribution in [1.29, 1.82) is 0 Å². The van der Waals surface area contributed by atoms with Gasteiger partial charge >= 0.3 is 5.97 Å². The molecule has 0 saturated heterocycles. The summed E-state index contributed by atoms with van der Waals surface area (Å²) in [6.45, 7) is 3.45. The molecule has 0 bridgehead atoms. The Morgan fingerprint density at radius 1 is 1.50 bits per heavy atom. The Morgan fingerprint density at radius 3 is 2.75 bits per heavy atom. The second-order valence-electron chi connectivity index (χ2n) is 3.55. The summed E-state index contributed by atoms with van der Waals surface area (Å²) >= 11 is 0. The van der Waals surface area contributed by atoms with Crippen molar-refractivity contribution in [2.75, 3.05) is 0 Å². The van der Waals surface area contributed by atoms with Gasteiger partial charge < -0.3 is 10.4 Å². The number of aryl methyl sites for hydroxylation is 1. The molecule has 1 atom stereocenters. The molecular formula is C11H14N2O3. The molecule has 86 valence electrons. The van der Waals surface area contributed by atoms with Gasteiger partial charge in [-0.25, -0.2) is 0 Å². The molecule has 0 saturated carbocycles. The van der Waals surface area contributed by atoms with Gasteiger partial charge in [-0.15, -0.1) is 0 Å². The first kappa shape index (κ1) is 12.2. The molecule has 0 aliphatic heterocycles. The van der Waals surface area contributed by atoms with Crippen LogP contribution in [0.15, 0.2) is 18.2 Å². The monoisotopic (exact) mass is 222 g/mol. The van der Waals surface area contributed by atoms with Gasteiger partial charge in [0.15, 0.2) is 0 Å². The summed E-state index contributed by atoms with van der Waals surface area (Å²) in [4.78, 5) is 26.0. The highest BCUT2D eigenvalue weighted by Gasteiger charge is 2.19. The molecule has 1 aromatic rings. The molecule has 0 aliphatic carbocycles. The number of rotatable bonds is 4. The molecule has 0 fully saturated rings. The van der Waals surface area contributed by atoms with Crippen LogP contribution in [0.4, 0.5) is 0 Å². The van der Waals surface area contributed by atoms with E-state index in [9.17, 15) is 9.59 Å². The first-order valence-electron chi connectivity index (χ1n) is 4.93. The number of carbonyl (C=O) groups is 2. The van der Waals surface area contributed by atoms with E-state index < -0.39 is 17.8 Å². The van der Waals surface area contributed by atoms with Gasteiger partial charge in [0.05, 0.1) is 12.2 Å². The zero-order valence-corrected chi connectivity index (χ0v) is 9.23. The van der Waals surface area contributed by atoms with Crippen LogP contribution in [0.1, 0.15) is 18.3 Å². The molecule has 16 heavy (non-hydrogen) atoms. The number of aromatic nitrogens is 1. The Hall–Kier alpha value is -1.91. The lowest BCUT2D eigenvalue weighted by molar-refractivity contribution is -0.146. The van der Waals surface area contributed by atoms with Crippen molar-refractivity contribution in [2.45, 2.75) is 20.4 Å². The van der Waals surface area contributed by atoms with Crippen molar-refractivity contribution < 1.29 is 14.7 Å². The molecule has 1 rings (SSSR count). The summed E-state index contributed by atoms with van der Waals surface area (Å²) in [5, 5.41) is 11.1. The van der Waals surface area contributed by atoms with Crippen LogP contribution >= 0.6 is 0 Å². The van der Waals surface area contributed by atoms with E-state index in [2.05, 4.69) is 10.3 Å². The lowest BCUT2D eigenvalue weighted by Gasteiger charge is -2.08. The van der Waals surface area contributed by atoms with Gasteiger partial charge in [-0.2, -0.15) is 0 Å². The summed E-state index contributed by atoms with van der Waals surface area (Å²) in [6, 6.07) is 5.47. The van der Waals surface area contributed by atoms with E-state index in [0.717, 1.165) is 5.69 Å². The molecule has 1 aromatic heterocycles. The molecule has 1 heterocycles. The molecule has 5 nitrogen and oxygen atoms in total. The van der Waals surface area contributed by atoms with E-state index in [1.54, 1.807) is 6.07 Å². The van der Waals surface area contributed by atoms with Crippen molar-refractivity contribution in [3.05, 3.63) is 29.6 Å². The number of carboxylic acids is 1. The zero-order chi connectivity index (χ0) is 12.1. The lowest BCUT2D eigenvalue weighted by Crippen LogP contribution is -2.33. The maximum atomic E-state index is 11.3. The SMILES string of the molecule is Cc1cccc(CNC(=O)C(C)C(=O)O)n1. The van der Waals surface area contributed by atoms with Crippen molar-refractivity contribution >= 4 is 11.9 Å². The number of carbonyl (C=O) groups excluding carboxylic acids is 1. The highest BCUT2D eigenvalue weighted by molar-refractivity contribution is 5.96. The number of nitrogens with zero attached hydrogens (tertiary/aromatic N) is 1. The molecule has 5 heteroatoms. The average Bonchev–Trinajstić information content (AvgIpc) is 2.24. The standard InChI is InChI=1S/C11H14N2O3/c1-7-4-3-5-9(13-7)6-12-10(14)8(2)11(15)16/h3-5,8H,6H2,1-2H3,(H,12,14)(H,15,16). The second kappa shape index (κ2) is 5.25. The molecule has 0 radical (unpaired) electrons. The van der Waals surface area contributed by atoms with Crippen LogP contribution in [0, 0.1) is 12.8 Å². The van der Waals surface area contributed by atoms with E-state index in [0.29, 0.717) is 5.69 Å². The van der Waals surface area contributed by atoms with Crippen LogP contribution in [0.25, 0.3) is 0 Å². The van der Waals surface area contributed by atoms with Gasteiger partial charge in [0.25, 0.3) is 0 Å². The van der Waals surface area contributed by atoms with Gasteiger partial charge in [-0.05, 0) is 26.0 Å². The number of nitrogens with one attached hydrogen (secondary N) is 1. The fourth-order valence-corrected chi connectivity index (χ4v) is 1.14. The number of hydrogen-bond acceptors (Lipinski definition) is 3. The molecule has 0 aromatic carbocycles. The molecular weight excluding hydrogens is 208 g/mol. The van der Waals surface area contributed by atoms with Crippen LogP contribution < -0.4 is 5.32 Å². The van der Waals surface area contributed by atoms with Gasteiger partial charge in [-0.3, -0.25) is 14.6 Å². The number of carboxylic acid groups (broad SMARTS) is 1. The van der Waals surface area contributed by atoms with E-state index in [1.807, 2.05) is 19.1 Å². The Morgan fingerprint density at radius 2 is 2.19 bits per heavy atom. The minimum atomic E-state index is -1.13. The number of pyridine rings is 1. The van der Waals surface area contributed by atoms with E-state index in [-0.39, 0.29) is 6.54 Å². The van der Waals surface area contributed by atoms with Crippen LogP contribution in [-0.4, -0.2) is 22.0 Å². The Balaban J connectivity index is 2.52. The summed E-state index contributed by atoms with van der Waals surface area (Å²) in [7, 11) is 0. The summed E-state index contributed by atoms with van der Waals surface area (Å²) < 4.78 is 0. The fraction of sp³-hybridized carbons (Fsp3) is 0.364. The smallest absolute Gasteiger partial charge is 0.315 e. The molecule has 0 aliphatic rings. The molecule has 0 spiro atoms. The first-order valence-corrected chi connectivity index (χ1v) is 4.93. The van der Waals surface area contributed by atoms with Gasteiger partial charge in [0, 0.05) is 5.69 Å². The molecule has 1 unspecified atom stereocenters. The first-order chi connectivity index (χ1) is 7.50. The van der Waals surface area contributed by atoms with Gasteiger partial charge in [0.2, 0.25) is 5.91 Å². The predicted molar refractivity (Wildman–Crippen MR) is 57.6 cm³/mol.